The van der Waals surface area contributed by atoms with Gasteiger partial charge in [-0.3, -0.25) is 29.0 Å². The van der Waals surface area contributed by atoms with Gasteiger partial charge in [0.2, 0.25) is 11.8 Å². The van der Waals surface area contributed by atoms with Crippen molar-refractivity contribution in [2.45, 2.75) is 28.5 Å². The maximum Gasteiger partial charge on any atom is 0.254 e. The number of rotatable bonds is 3. The number of allylic oxidation sites excluding steroid dienone is 2. The number of anilines is 1. The molecule has 196 valence electrons. The van der Waals surface area contributed by atoms with Gasteiger partial charge >= 0.3 is 0 Å². The number of carbonyl (C=O) groups excluding carboxylic acids is 4. The van der Waals surface area contributed by atoms with E-state index in [-0.39, 0.29) is 35.9 Å². The predicted molar refractivity (Wildman–Crippen MR) is 153 cm³/mol. The van der Waals surface area contributed by atoms with Crippen LogP contribution >= 0.6 is 61.7 Å². The van der Waals surface area contributed by atoms with E-state index in [1.807, 2.05) is 18.2 Å². The highest BCUT2D eigenvalue weighted by Crippen LogP contribution is 2.66. The molecule has 2 aromatic carbocycles. The number of hydrogen-bond donors (Lipinski definition) is 1. The van der Waals surface area contributed by atoms with Crippen LogP contribution in [-0.4, -0.2) is 48.8 Å². The summed E-state index contributed by atoms with van der Waals surface area (Å²) in [4.78, 5) is 53.1. The summed E-state index contributed by atoms with van der Waals surface area (Å²) < 4.78 is 0.966. The number of alkyl halides is 3. The molecule has 11 heteroatoms. The highest BCUT2D eigenvalue weighted by Gasteiger charge is 2.76. The molecule has 1 N–H and O–H groups in total. The molecule has 7 nitrogen and oxygen atoms in total. The van der Waals surface area contributed by atoms with Crippen LogP contribution in [0.1, 0.15) is 24.3 Å². The Hall–Kier alpha value is -1.95. The molecule has 38 heavy (non-hydrogen) atoms. The minimum absolute atomic E-state index is 0.0945. The van der Waals surface area contributed by atoms with Crippen molar-refractivity contribution in [1.29, 1.82) is 0 Å². The number of hydrogen-bond acceptors (Lipinski definition) is 5. The number of halogens is 4. The summed E-state index contributed by atoms with van der Waals surface area (Å²) in [5.74, 6) is -5.16. The summed E-state index contributed by atoms with van der Waals surface area (Å²) >= 11 is 19.7. The number of benzene rings is 2. The zero-order valence-corrected chi connectivity index (χ0v) is 24.9. The van der Waals surface area contributed by atoms with Crippen molar-refractivity contribution in [3.8, 4) is 5.75 Å². The molecule has 2 aliphatic heterocycles. The quantitative estimate of drug-likeness (QED) is 0.159. The van der Waals surface area contributed by atoms with Crippen LogP contribution in [-0.2, 0) is 19.2 Å². The van der Waals surface area contributed by atoms with Crippen molar-refractivity contribution in [3.05, 3.63) is 69.3 Å². The molecule has 4 aliphatic rings. The lowest BCUT2D eigenvalue weighted by molar-refractivity contribution is -0.138. The molecule has 3 fully saturated rings. The molecule has 6 atom stereocenters. The predicted octanol–water partition coefficient (Wildman–Crippen LogP) is 4.91. The summed E-state index contributed by atoms with van der Waals surface area (Å²) in [6.07, 6.45) is 2.02. The first kappa shape index (κ1) is 26.3. The molecule has 6 unspecified atom stereocenters. The summed E-state index contributed by atoms with van der Waals surface area (Å²) in [6.45, 7) is 0. The van der Waals surface area contributed by atoms with E-state index in [1.165, 1.54) is 11.0 Å². The van der Waals surface area contributed by atoms with Crippen molar-refractivity contribution < 1.29 is 24.3 Å². The van der Waals surface area contributed by atoms with Gasteiger partial charge in [0.05, 0.1) is 23.0 Å². The minimum atomic E-state index is -1.94. The van der Waals surface area contributed by atoms with E-state index in [2.05, 4.69) is 38.5 Å². The molecule has 2 saturated heterocycles. The average Bonchev–Trinajstić information content (AvgIpc) is 3.23. The van der Waals surface area contributed by atoms with Gasteiger partial charge < -0.3 is 5.11 Å². The van der Waals surface area contributed by atoms with Crippen LogP contribution in [0.25, 0.3) is 0 Å². The van der Waals surface area contributed by atoms with Gasteiger partial charge in [-0.05, 0) is 71.7 Å². The van der Waals surface area contributed by atoms with E-state index in [9.17, 15) is 24.3 Å². The third-order valence-corrected chi connectivity index (χ3v) is 11.0. The fourth-order valence-electron chi connectivity index (χ4n) is 6.67. The van der Waals surface area contributed by atoms with Gasteiger partial charge in [-0.2, -0.15) is 0 Å². The van der Waals surface area contributed by atoms with Gasteiger partial charge in [-0.15, -0.1) is 23.2 Å². The molecule has 1 saturated carbocycles. The first-order valence-corrected chi connectivity index (χ1v) is 14.9. The summed E-state index contributed by atoms with van der Waals surface area (Å²) in [6, 6.07) is 13.6. The monoisotopic (exact) mass is 728 g/mol. The summed E-state index contributed by atoms with van der Waals surface area (Å²) in [5.41, 5.74) is 1.36. The van der Waals surface area contributed by atoms with Crippen LogP contribution in [0.3, 0.4) is 0 Å². The zero-order chi connectivity index (χ0) is 27.1. The molecule has 2 heterocycles. The number of nitrogens with zero attached hydrogens (tertiary/aromatic N) is 2. The molecular weight excluding hydrogens is 710 g/mol. The number of imide groups is 2. The number of aromatic hydroxyl groups is 1. The number of amides is 4. The van der Waals surface area contributed by atoms with Gasteiger partial charge in [-0.25, -0.2) is 0 Å². The zero-order valence-electron chi connectivity index (χ0n) is 19.6. The molecule has 4 amide bonds. The normalized spacial score (nSPS) is 34.3. The lowest BCUT2D eigenvalue weighted by Crippen LogP contribution is -2.60. The maximum absolute atomic E-state index is 13.9. The Morgan fingerprint density at radius 2 is 1.66 bits per heavy atom. The lowest BCUT2D eigenvalue weighted by Gasteiger charge is -2.50. The van der Waals surface area contributed by atoms with E-state index >= 15 is 0 Å². The third-order valence-electron chi connectivity index (χ3n) is 8.35. The summed E-state index contributed by atoms with van der Waals surface area (Å²) in [5, 5.41) is 10.9. The average molecular weight is 730 g/mol. The first-order valence-electron chi connectivity index (χ1n) is 12.0. The van der Waals surface area contributed by atoms with E-state index in [0.717, 1.165) is 8.47 Å². The highest BCUT2D eigenvalue weighted by molar-refractivity contribution is 14.1. The van der Waals surface area contributed by atoms with Gasteiger partial charge in [0.25, 0.3) is 11.8 Å². The minimum Gasteiger partial charge on any atom is -0.508 e. The Morgan fingerprint density at radius 1 is 0.974 bits per heavy atom. The molecule has 2 aliphatic carbocycles. The standard InChI is InChI=1S/C27H20BrCl2IN2O5/c28-12-32-24(37)26(29)11-18-15(21(27(26,30)25(32)38)16-3-1-2-4-19(16)34)9-10-17-20(18)23(36)33(22(17)35)14-7-5-13(31)6-8-14/h1-9,17-18,20-21,34H,10-12H2. The van der Waals surface area contributed by atoms with Crippen LogP contribution in [0, 0.1) is 21.3 Å². The SMILES string of the molecule is O=C1C2CC=C3C(CC4(Cl)C(=O)N(CBr)C(=O)C4(Cl)C3c3ccccc3O)C2C(=O)N1c1ccc(I)cc1. The van der Waals surface area contributed by atoms with E-state index in [1.54, 1.807) is 30.3 Å². The van der Waals surface area contributed by atoms with Crippen LogP contribution in [0.2, 0.25) is 0 Å². The van der Waals surface area contributed by atoms with Crippen molar-refractivity contribution in [1.82, 2.24) is 4.90 Å². The lowest BCUT2D eigenvalue weighted by atomic mass is 9.56. The number of para-hydroxylation sites is 1. The smallest absolute Gasteiger partial charge is 0.254 e. The van der Waals surface area contributed by atoms with Crippen LogP contribution in [0.4, 0.5) is 5.69 Å². The largest absolute Gasteiger partial charge is 0.508 e. The summed E-state index contributed by atoms with van der Waals surface area (Å²) in [7, 11) is 0. The van der Waals surface area contributed by atoms with Crippen LogP contribution < -0.4 is 4.90 Å². The number of fused-ring (bicyclic) bond motifs is 4. The van der Waals surface area contributed by atoms with Gasteiger partial charge in [-0.1, -0.05) is 45.8 Å². The molecule has 0 radical (unpaired) electrons. The Balaban J connectivity index is 1.52. The van der Waals surface area contributed by atoms with Crippen LogP contribution in [0.5, 0.6) is 5.75 Å². The van der Waals surface area contributed by atoms with Crippen molar-refractivity contribution in [2.24, 2.45) is 17.8 Å². The molecule has 0 bridgehead atoms. The van der Waals surface area contributed by atoms with E-state index in [0.29, 0.717) is 16.8 Å². The first-order chi connectivity index (χ1) is 18.1. The second-order valence-corrected chi connectivity index (χ2v) is 13.0. The molecular formula is C27H20BrCl2IN2O5. The molecule has 6 rings (SSSR count). The van der Waals surface area contributed by atoms with Crippen LogP contribution in [0.15, 0.2) is 60.2 Å². The second-order valence-electron chi connectivity index (χ2n) is 10.0. The van der Waals surface area contributed by atoms with Crippen molar-refractivity contribution in [3.63, 3.8) is 0 Å². The molecule has 0 aromatic heterocycles. The topological polar surface area (TPSA) is 95.0 Å². The number of likely N-dealkylation sites (tertiary alicyclic amines) is 1. The van der Waals surface area contributed by atoms with Gasteiger partial charge in [0.15, 0.2) is 9.75 Å². The molecule has 2 aromatic rings. The second kappa shape index (κ2) is 9.04. The fourth-order valence-corrected chi connectivity index (χ4v) is 8.45. The van der Waals surface area contributed by atoms with Gasteiger partial charge in [0, 0.05) is 15.1 Å². The number of carbonyl (C=O) groups is 4. The Kier molecular flexibility index (Phi) is 6.25. The Bertz CT molecular complexity index is 1450. The third kappa shape index (κ3) is 3.31. The van der Waals surface area contributed by atoms with E-state index in [4.69, 9.17) is 23.2 Å². The van der Waals surface area contributed by atoms with Crippen molar-refractivity contribution in [2.75, 3.05) is 10.4 Å². The Morgan fingerprint density at radius 3 is 2.32 bits per heavy atom. The molecule has 0 spiro atoms. The van der Waals surface area contributed by atoms with Gasteiger partial charge in [0.1, 0.15) is 5.75 Å². The highest BCUT2D eigenvalue weighted by atomic mass is 127. The van der Waals surface area contributed by atoms with Crippen molar-refractivity contribution >= 4 is 91.0 Å². The Labute approximate surface area is 250 Å². The van der Waals surface area contributed by atoms with E-state index < -0.39 is 45.2 Å². The number of phenols is 1. The number of phenolic OH excluding ortho intramolecular Hbond substituents is 1. The fraction of sp³-hybridized carbons (Fsp3) is 0.333. The maximum atomic E-state index is 13.9.